The minimum atomic E-state index is 0.0916. The van der Waals surface area contributed by atoms with Crippen molar-refractivity contribution in [3.8, 4) is 0 Å². The molecule has 0 spiro atoms. The summed E-state index contributed by atoms with van der Waals surface area (Å²) in [6.07, 6.45) is 0. The lowest BCUT2D eigenvalue weighted by atomic mass is 10.2. The number of amides is 1. The first-order valence-corrected chi connectivity index (χ1v) is 9.50. The Morgan fingerprint density at radius 3 is 2.88 bits per heavy atom. The zero-order chi connectivity index (χ0) is 17.5. The first-order valence-electron chi connectivity index (χ1n) is 7.70. The van der Waals surface area contributed by atoms with Gasteiger partial charge in [0.2, 0.25) is 11.0 Å². The number of anilines is 2. The molecule has 0 fully saturated rings. The maximum Gasteiger partial charge on any atom is 0.233 e. The molecule has 0 bridgehead atoms. The lowest BCUT2D eigenvalue weighted by molar-refractivity contribution is -0.127. The summed E-state index contributed by atoms with van der Waals surface area (Å²) >= 11 is 2.87. The van der Waals surface area contributed by atoms with Crippen LogP contribution >= 0.6 is 23.1 Å². The first-order chi connectivity index (χ1) is 11.5. The zero-order valence-electron chi connectivity index (χ0n) is 14.2. The summed E-state index contributed by atoms with van der Waals surface area (Å²) in [5.41, 5.74) is 3.15. The molecule has 128 valence electrons. The van der Waals surface area contributed by atoms with Crippen molar-refractivity contribution in [1.82, 2.24) is 15.1 Å². The van der Waals surface area contributed by atoms with Gasteiger partial charge in [0.25, 0.3) is 0 Å². The Labute approximate surface area is 151 Å². The average Bonchev–Trinajstić information content (AvgIpc) is 2.97. The van der Waals surface area contributed by atoms with E-state index in [1.54, 1.807) is 4.90 Å². The Hall–Kier alpha value is -1.86. The van der Waals surface area contributed by atoms with Gasteiger partial charge in [0, 0.05) is 18.8 Å². The van der Waals surface area contributed by atoms with E-state index in [9.17, 15) is 4.79 Å². The molecule has 0 radical (unpaired) electrons. The highest BCUT2D eigenvalue weighted by molar-refractivity contribution is 8.01. The molecule has 24 heavy (non-hydrogen) atoms. The van der Waals surface area contributed by atoms with Gasteiger partial charge in [-0.05, 0) is 38.5 Å². The molecule has 1 aromatic heterocycles. The monoisotopic (exact) mass is 362 g/mol. The summed E-state index contributed by atoms with van der Waals surface area (Å²) in [6, 6.07) is 8.08. The summed E-state index contributed by atoms with van der Waals surface area (Å²) in [7, 11) is 0. The molecule has 0 atom stereocenters. The van der Waals surface area contributed by atoms with E-state index in [2.05, 4.69) is 28.2 Å². The minimum absolute atomic E-state index is 0.0916. The van der Waals surface area contributed by atoms with Gasteiger partial charge in [0.1, 0.15) is 0 Å². The second-order valence-electron chi connectivity index (χ2n) is 5.52. The van der Waals surface area contributed by atoms with Crippen molar-refractivity contribution in [3.05, 3.63) is 42.0 Å². The maximum absolute atomic E-state index is 12.2. The highest BCUT2D eigenvalue weighted by Gasteiger charge is 2.14. The number of hydrogen-bond acceptors (Lipinski definition) is 6. The van der Waals surface area contributed by atoms with Crippen LogP contribution in [0.15, 0.2) is 40.8 Å². The van der Waals surface area contributed by atoms with Crippen molar-refractivity contribution in [2.24, 2.45) is 0 Å². The quantitative estimate of drug-likeness (QED) is 0.566. The van der Waals surface area contributed by atoms with Crippen LogP contribution in [0.2, 0.25) is 0 Å². The number of thioether (sulfide) groups is 1. The SMILES string of the molecule is C=C(C)CN(CC)C(=O)CSc1nnc(Nc2cccc(C)c2)s1. The predicted molar refractivity (Wildman–Crippen MR) is 102 cm³/mol. The third-order valence-corrected chi connectivity index (χ3v) is 5.15. The van der Waals surface area contributed by atoms with Crippen LogP contribution in [-0.2, 0) is 4.79 Å². The topological polar surface area (TPSA) is 58.1 Å². The van der Waals surface area contributed by atoms with Crippen LogP contribution in [0.5, 0.6) is 0 Å². The third-order valence-electron chi connectivity index (χ3n) is 3.19. The summed E-state index contributed by atoms with van der Waals surface area (Å²) in [5, 5.41) is 12.2. The number of carbonyl (C=O) groups is 1. The molecule has 5 nitrogen and oxygen atoms in total. The van der Waals surface area contributed by atoms with Crippen LogP contribution in [0.3, 0.4) is 0 Å². The fourth-order valence-electron chi connectivity index (χ4n) is 2.08. The Bertz CT molecular complexity index is 714. The second kappa shape index (κ2) is 8.84. The van der Waals surface area contributed by atoms with Crippen LogP contribution < -0.4 is 5.32 Å². The number of carbonyl (C=O) groups excluding carboxylic acids is 1. The number of likely N-dealkylation sites (N-methyl/N-ethyl adjacent to an activating group) is 1. The number of rotatable bonds is 8. The molecule has 1 amide bonds. The van der Waals surface area contributed by atoms with Crippen LogP contribution in [0.25, 0.3) is 0 Å². The lowest BCUT2D eigenvalue weighted by Crippen LogP contribution is -2.33. The Kier molecular flexibility index (Phi) is 6.81. The van der Waals surface area contributed by atoms with E-state index in [0.717, 1.165) is 20.7 Å². The summed E-state index contributed by atoms with van der Waals surface area (Å²) in [4.78, 5) is 14.0. The van der Waals surface area contributed by atoms with Crippen molar-refractivity contribution in [3.63, 3.8) is 0 Å². The number of aromatic nitrogens is 2. The standard InChI is InChI=1S/C17H22N4OS2/c1-5-21(10-12(2)3)15(22)11-23-17-20-19-16(24-17)18-14-8-6-7-13(4)9-14/h6-9H,2,5,10-11H2,1,3-4H3,(H,18,19). The predicted octanol–water partition coefficient (Wildman–Crippen LogP) is 4.11. The molecule has 0 saturated heterocycles. The number of hydrogen-bond donors (Lipinski definition) is 1. The highest BCUT2D eigenvalue weighted by atomic mass is 32.2. The molecule has 0 unspecified atom stereocenters. The molecule has 2 aromatic rings. The van der Waals surface area contributed by atoms with Gasteiger partial charge in [-0.3, -0.25) is 4.79 Å². The van der Waals surface area contributed by atoms with Crippen molar-refractivity contribution < 1.29 is 4.79 Å². The van der Waals surface area contributed by atoms with Crippen molar-refractivity contribution >= 4 is 39.8 Å². The van der Waals surface area contributed by atoms with Crippen molar-refractivity contribution in [1.29, 1.82) is 0 Å². The molecule has 0 aliphatic heterocycles. The molecule has 0 saturated carbocycles. The third kappa shape index (κ3) is 5.65. The van der Waals surface area contributed by atoms with E-state index in [4.69, 9.17) is 0 Å². The molecule has 1 aromatic carbocycles. The Morgan fingerprint density at radius 1 is 1.42 bits per heavy atom. The van der Waals surface area contributed by atoms with Crippen LogP contribution in [0, 0.1) is 6.92 Å². The van der Waals surface area contributed by atoms with Gasteiger partial charge >= 0.3 is 0 Å². The molecule has 7 heteroatoms. The van der Waals surface area contributed by atoms with E-state index in [1.807, 2.05) is 39.0 Å². The molecule has 1 heterocycles. The number of aryl methyl sites for hydroxylation is 1. The normalized spacial score (nSPS) is 10.5. The Balaban J connectivity index is 1.89. The van der Waals surface area contributed by atoms with Gasteiger partial charge in [0.05, 0.1) is 5.75 Å². The number of benzene rings is 1. The van der Waals surface area contributed by atoms with Gasteiger partial charge in [-0.1, -0.05) is 47.4 Å². The molecule has 0 aliphatic rings. The zero-order valence-corrected chi connectivity index (χ0v) is 15.8. The second-order valence-corrected chi connectivity index (χ2v) is 7.72. The fourth-order valence-corrected chi connectivity index (χ4v) is 3.76. The summed E-state index contributed by atoms with van der Waals surface area (Å²) < 4.78 is 0.782. The minimum Gasteiger partial charge on any atom is -0.338 e. The summed E-state index contributed by atoms with van der Waals surface area (Å²) in [6.45, 7) is 11.1. The van der Waals surface area contributed by atoms with Crippen LogP contribution in [-0.4, -0.2) is 39.8 Å². The molecular weight excluding hydrogens is 340 g/mol. The van der Waals surface area contributed by atoms with Crippen LogP contribution in [0.4, 0.5) is 10.8 Å². The maximum atomic E-state index is 12.2. The van der Waals surface area contributed by atoms with Gasteiger partial charge in [0.15, 0.2) is 4.34 Å². The highest BCUT2D eigenvalue weighted by Crippen LogP contribution is 2.28. The van der Waals surface area contributed by atoms with Gasteiger partial charge in [-0.15, -0.1) is 10.2 Å². The van der Waals surface area contributed by atoms with Gasteiger partial charge in [-0.2, -0.15) is 0 Å². The number of nitrogens with zero attached hydrogens (tertiary/aromatic N) is 3. The fraction of sp³-hybridized carbons (Fsp3) is 0.353. The largest absolute Gasteiger partial charge is 0.338 e. The first kappa shape index (κ1) is 18.5. The lowest BCUT2D eigenvalue weighted by Gasteiger charge is -2.20. The van der Waals surface area contributed by atoms with E-state index >= 15 is 0 Å². The van der Waals surface area contributed by atoms with E-state index in [0.29, 0.717) is 18.8 Å². The number of nitrogens with one attached hydrogen (secondary N) is 1. The van der Waals surface area contributed by atoms with Crippen LogP contribution in [0.1, 0.15) is 19.4 Å². The van der Waals surface area contributed by atoms with Crippen molar-refractivity contribution in [2.45, 2.75) is 25.1 Å². The molecule has 1 N–H and O–H groups in total. The van der Waals surface area contributed by atoms with Gasteiger partial charge < -0.3 is 10.2 Å². The summed E-state index contributed by atoms with van der Waals surface area (Å²) in [5.74, 6) is 0.453. The van der Waals surface area contributed by atoms with Crippen molar-refractivity contribution in [2.75, 3.05) is 24.2 Å². The molecule has 0 aliphatic carbocycles. The molecule has 2 rings (SSSR count). The average molecular weight is 363 g/mol. The van der Waals surface area contributed by atoms with Gasteiger partial charge in [-0.25, -0.2) is 0 Å². The van der Waals surface area contributed by atoms with E-state index < -0.39 is 0 Å². The van der Waals surface area contributed by atoms with E-state index in [1.165, 1.54) is 28.7 Å². The Morgan fingerprint density at radius 2 is 2.21 bits per heavy atom. The smallest absolute Gasteiger partial charge is 0.233 e. The van der Waals surface area contributed by atoms with E-state index in [-0.39, 0.29) is 5.91 Å². The molecular formula is C17H22N4OS2.